The summed E-state index contributed by atoms with van der Waals surface area (Å²) in [6, 6.07) is 103. The molecule has 2 aliphatic carbocycles. The van der Waals surface area contributed by atoms with Crippen molar-refractivity contribution in [2.45, 2.75) is 38.5 Å². The molecule has 3 aromatic heterocycles. The number of rotatable bonds is 8. The lowest BCUT2D eigenvalue weighted by molar-refractivity contribution is 0.660. The Bertz CT molecular complexity index is 5300. The first-order valence-electron chi connectivity index (χ1n) is 29.9. The summed E-state index contributed by atoms with van der Waals surface area (Å²) in [5.74, 6) is 0.610. The Hall–Kier alpha value is -10.7. The molecule has 0 amide bonds. The minimum Gasteiger partial charge on any atom is -0.309 e. The van der Waals surface area contributed by atoms with Gasteiger partial charge in [-0.3, -0.25) is 4.57 Å². The van der Waals surface area contributed by atoms with Crippen molar-refractivity contribution in [2.75, 3.05) is 0 Å². The van der Waals surface area contributed by atoms with Crippen LogP contribution in [-0.4, -0.2) is 19.1 Å². The van der Waals surface area contributed by atoms with Gasteiger partial charge in [0.1, 0.15) is 0 Å². The predicted molar refractivity (Wildman–Crippen MR) is 358 cm³/mol. The van der Waals surface area contributed by atoms with Gasteiger partial charge in [-0.1, -0.05) is 228 Å². The second-order valence-electron chi connectivity index (χ2n) is 24.5. The summed E-state index contributed by atoms with van der Waals surface area (Å²) in [4.78, 5) is 11.2. The fourth-order valence-corrected chi connectivity index (χ4v) is 14.6. The molecular weight excluding hydrogens is 1040 g/mol. The minimum absolute atomic E-state index is 0.0825. The fraction of sp³-hybridized carbons (Fsp3) is 0.0732. The lowest BCUT2D eigenvalue weighted by atomic mass is 9.81. The molecule has 0 fully saturated rings. The molecule has 0 aliphatic heterocycles. The Morgan fingerprint density at radius 2 is 0.628 bits per heavy atom. The quantitative estimate of drug-likeness (QED) is 0.152. The number of benzene rings is 12. The SMILES string of the molecule is CC1(C)c2ccccc2-c2ccc(-c3ccc4c(c3)c3ccccc3n4-c3cccc(-c4cc(-c5cccc(-c6cccc(-c7ccccc7)c6)c5)nc(-n5c6ccccc6c6cc(-c7ccc8c(c7)C(C)(C)c7ccccc7-8)ccc65)n4)c3)cc21. The number of aromatic nitrogens is 4. The van der Waals surface area contributed by atoms with E-state index in [1.165, 1.54) is 88.7 Å². The van der Waals surface area contributed by atoms with Crippen LogP contribution in [0.4, 0.5) is 0 Å². The van der Waals surface area contributed by atoms with Gasteiger partial charge >= 0.3 is 0 Å². The van der Waals surface area contributed by atoms with Crippen LogP contribution in [0.15, 0.2) is 279 Å². The van der Waals surface area contributed by atoms with Crippen molar-refractivity contribution in [3.05, 3.63) is 301 Å². The van der Waals surface area contributed by atoms with Crippen molar-refractivity contribution in [1.29, 1.82) is 0 Å². The highest BCUT2D eigenvalue weighted by atomic mass is 15.2. The number of hydrogen-bond donors (Lipinski definition) is 0. The molecule has 0 bridgehead atoms. The molecular formula is C82H58N4. The zero-order valence-corrected chi connectivity index (χ0v) is 48.3. The Kier molecular flexibility index (Phi) is 11.0. The van der Waals surface area contributed by atoms with Gasteiger partial charge in [-0.2, -0.15) is 0 Å². The van der Waals surface area contributed by atoms with Crippen molar-refractivity contribution in [3.63, 3.8) is 0 Å². The van der Waals surface area contributed by atoms with Gasteiger partial charge in [0.2, 0.25) is 5.95 Å². The van der Waals surface area contributed by atoms with Crippen LogP contribution >= 0.6 is 0 Å². The third-order valence-corrected chi connectivity index (χ3v) is 19.0. The third-order valence-electron chi connectivity index (χ3n) is 19.0. The number of fused-ring (bicyclic) bond motifs is 12. The first-order chi connectivity index (χ1) is 42.1. The maximum Gasteiger partial charge on any atom is 0.235 e. The van der Waals surface area contributed by atoms with Crippen molar-refractivity contribution in [3.8, 4) is 101 Å². The molecule has 0 spiro atoms. The average molecular weight is 1100 g/mol. The zero-order chi connectivity index (χ0) is 57.4. The summed E-state index contributed by atoms with van der Waals surface area (Å²) >= 11 is 0. The van der Waals surface area contributed by atoms with E-state index in [-0.39, 0.29) is 10.8 Å². The molecule has 3 heterocycles. The summed E-state index contributed by atoms with van der Waals surface area (Å²) in [6.07, 6.45) is 0. The standard InChI is InChI=1S/C82H58N4/c1-81(2)70-31-12-8-27-62(70)64-39-35-57(48-72(64)81)55-37-41-78-68(46-55)66-29-10-14-33-76(66)85(78)61-26-18-25-60(45-61)75-50-74(59-24-17-23-54(44-59)53-22-16-21-52(43-53)51-19-6-5-7-20-51)83-80(84-75)86-77-34-15-11-30-67(77)69-47-56(38-42-79(69)86)58-36-40-65-63-28-9-13-32-71(63)82(3,4)73(65)49-58/h5-50H,1-4H3. The molecule has 0 saturated heterocycles. The lowest BCUT2D eigenvalue weighted by Gasteiger charge is -2.22. The van der Waals surface area contributed by atoms with Crippen LogP contribution in [0.25, 0.3) is 145 Å². The van der Waals surface area contributed by atoms with E-state index in [9.17, 15) is 0 Å². The highest BCUT2D eigenvalue weighted by molar-refractivity contribution is 6.12. The topological polar surface area (TPSA) is 35.6 Å². The first-order valence-corrected chi connectivity index (χ1v) is 29.9. The van der Waals surface area contributed by atoms with Gasteiger partial charge in [0, 0.05) is 49.2 Å². The molecule has 0 N–H and O–H groups in total. The van der Waals surface area contributed by atoms with Crippen molar-refractivity contribution < 1.29 is 0 Å². The van der Waals surface area contributed by atoms with Crippen LogP contribution in [0.1, 0.15) is 49.9 Å². The number of hydrogen-bond acceptors (Lipinski definition) is 2. The second-order valence-corrected chi connectivity index (χ2v) is 24.5. The van der Waals surface area contributed by atoms with Crippen molar-refractivity contribution >= 4 is 43.6 Å². The third kappa shape index (κ3) is 7.69. The molecule has 12 aromatic carbocycles. The highest BCUT2D eigenvalue weighted by Gasteiger charge is 2.37. The predicted octanol–water partition coefficient (Wildman–Crippen LogP) is 21.3. The largest absolute Gasteiger partial charge is 0.309 e. The summed E-state index contributed by atoms with van der Waals surface area (Å²) in [6.45, 7) is 9.42. The number of nitrogens with zero attached hydrogens (tertiary/aromatic N) is 4. The molecule has 406 valence electrons. The van der Waals surface area contributed by atoms with Gasteiger partial charge in [-0.25, -0.2) is 9.97 Å². The van der Waals surface area contributed by atoms with Crippen LogP contribution in [0.2, 0.25) is 0 Å². The van der Waals surface area contributed by atoms with Gasteiger partial charge in [-0.15, -0.1) is 0 Å². The Morgan fingerprint density at radius 1 is 0.244 bits per heavy atom. The van der Waals surface area contributed by atoms with Crippen LogP contribution in [0.5, 0.6) is 0 Å². The lowest BCUT2D eigenvalue weighted by Crippen LogP contribution is -2.14. The van der Waals surface area contributed by atoms with E-state index in [2.05, 4.69) is 316 Å². The van der Waals surface area contributed by atoms with Crippen LogP contribution in [0, 0.1) is 0 Å². The fourth-order valence-electron chi connectivity index (χ4n) is 14.6. The van der Waals surface area contributed by atoms with Crippen LogP contribution < -0.4 is 0 Å². The summed E-state index contributed by atoms with van der Waals surface area (Å²) in [7, 11) is 0. The Balaban J connectivity index is 0.812. The normalized spacial score (nSPS) is 13.5. The molecule has 2 aliphatic rings. The van der Waals surface area contributed by atoms with E-state index in [0.717, 1.165) is 72.2 Å². The molecule has 15 aromatic rings. The molecule has 4 nitrogen and oxygen atoms in total. The molecule has 0 saturated carbocycles. The van der Waals surface area contributed by atoms with E-state index in [4.69, 9.17) is 9.97 Å². The monoisotopic (exact) mass is 1100 g/mol. The minimum atomic E-state index is -0.101. The van der Waals surface area contributed by atoms with Crippen LogP contribution in [0.3, 0.4) is 0 Å². The first kappa shape index (κ1) is 49.9. The van der Waals surface area contributed by atoms with E-state index >= 15 is 0 Å². The molecule has 86 heavy (non-hydrogen) atoms. The Morgan fingerprint density at radius 3 is 1.21 bits per heavy atom. The van der Waals surface area contributed by atoms with Gasteiger partial charge in [-0.05, 0) is 168 Å². The molecule has 17 rings (SSSR count). The van der Waals surface area contributed by atoms with Gasteiger partial charge < -0.3 is 4.57 Å². The zero-order valence-electron chi connectivity index (χ0n) is 48.3. The summed E-state index contributed by atoms with van der Waals surface area (Å²) in [5, 5.41) is 4.73. The van der Waals surface area contributed by atoms with Crippen molar-refractivity contribution in [1.82, 2.24) is 19.1 Å². The van der Waals surface area contributed by atoms with E-state index < -0.39 is 0 Å². The van der Waals surface area contributed by atoms with Gasteiger partial charge in [0.15, 0.2) is 0 Å². The summed E-state index contributed by atoms with van der Waals surface area (Å²) in [5.41, 5.74) is 29.2. The van der Waals surface area contributed by atoms with Crippen LogP contribution in [-0.2, 0) is 10.8 Å². The number of para-hydroxylation sites is 2. The second kappa shape index (κ2) is 18.9. The maximum absolute atomic E-state index is 5.64. The highest BCUT2D eigenvalue weighted by Crippen LogP contribution is 2.52. The van der Waals surface area contributed by atoms with E-state index in [1.54, 1.807) is 0 Å². The van der Waals surface area contributed by atoms with Gasteiger partial charge in [0.25, 0.3) is 0 Å². The molecule has 0 radical (unpaired) electrons. The average Bonchev–Trinajstić information content (AvgIpc) is 1.75. The molecule has 4 heteroatoms. The molecule has 0 atom stereocenters. The van der Waals surface area contributed by atoms with Crippen molar-refractivity contribution in [2.24, 2.45) is 0 Å². The Labute approximate surface area is 500 Å². The van der Waals surface area contributed by atoms with E-state index in [1.807, 2.05) is 0 Å². The summed E-state index contributed by atoms with van der Waals surface area (Å²) < 4.78 is 4.69. The van der Waals surface area contributed by atoms with Gasteiger partial charge in [0.05, 0.1) is 33.5 Å². The maximum atomic E-state index is 5.64. The molecule has 0 unspecified atom stereocenters. The van der Waals surface area contributed by atoms with E-state index in [0.29, 0.717) is 5.95 Å². The smallest absolute Gasteiger partial charge is 0.235 e.